The lowest BCUT2D eigenvalue weighted by Crippen LogP contribution is -2.20. The molecule has 2 aromatic carbocycles. The summed E-state index contributed by atoms with van der Waals surface area (Å²) < 4.78 is 6.49. The van der Waals surface area contributed by atoms with Crippen LogP contribution in [-0.4, -0.2) is 12.5 Å². The number of amides is 1. The second-order valence-corrected chi connectivity index (χ2v) is 5.41. The minimum absolute atomic E-state index is 0.00847. The zero-order chi connectivity index (χ0) is 13.7. The number of hydrogen-bond acceptors (Lipinski definition) is 2. The third-order valence-electron chi connectivity index (χ3n) is 2.50. The highest BCUT2D eigenvalue weighted by molar-refractivity contribution is 14.1. The highest BCUT2D eigenvalue weighted by atomic mass is 127. The largest absolute Gasteiger partial charge is 0.484 e. The number of hydrogen-bond donors (Lipinski definition) is 1. The lowest BCUT2D eigenvalue weighted by atomic mass is 10.2. The molecule has 0 radical (unpaired) electrons. The van der Waals surface area contributed by atoms with Crippen molar-refractivity contribution in [2.75, 3.05) is 11.9 Å². The minimum Gasteiger partial charge on any atom is -0.484 e. The number of aryl methyl sites for hydroxylation is 1. The SMILES string of the molecule is Cc1ccc(OCC(=O)Nc2cccc(I)c2)cc1. The van der Waals surface area contributed by atoms with Crippen molar-refractivity contribution in [1.29, 1.82) is 0 Å². The number of ether oxygens (including phenoxy) is 1. The second-order valence-electron chi connectivity index (χ2n) is 4.16. The van der Waals surface area contributed by atoms with Gasteiger partial charge < -0.3 is 10.1 Å². The number of nitrogens with one attached hydrogen (secondary N) is 1. The van der Waals surface area contributed by atoms with Crippen LogP contribution in [0.3, 0.4) is 0 Å². The van der Waals surface area contributed by atoms with E-state index in [9.17, 15) is 4.79 Å². The molecule has 1 N–H and O–H groups in total. The summed E-state index contributed by atoms with van der Waals surface area (Å²) in [6, 6.07) is 15.2. The van der Waals surface area contributed by atoms with Gasteiger partial charge in [-0.1, -0.05) is 23.8 Å². The molecule has 98 valence electrons. The minimum atomic E-state index is -0.164. The molecule has 0 aliphatic heterocycles. The van der Waals surface area contributed by atoms with Gasteiger partial charge in [0.1, 0.15) is 5.75 Å². The van der Waals surface area contributed by atoms with Gasteiger partial charge in [0.05, 0.1) is 0 Å². The maximum absolute atomic E-state index is 11.7. The van der Waals surface area contributed by atoms with Crippen LogP contribution in [0.25, 0.3) is 0 Å². The van der Waals surface area contributed by atoms with Crippen LogP contribution in [0.2, 0.25) is 0 Å². The fourth-order valence-electron chi connectivity index (χ4n) is 1.55. The lowest BCUT2D eigenvalue weighted by Gasteiger charge is -2.08. The lowest BCUT2D eigenvalue weighted by molar-refractivity contribution is -0.118. The smallest absolute Gasteiger partial charge is 0.262 e. The Balaban J connectivity index is 1.86. The van der Waals surface area contributed by atoms with Crippen LogP contribution in [0, 0.1) is 10.5 Å². The Hall–Kier alpha value is -1.56. The number of carbonyl (C=O) groups is 1. The van der Waals surface area contributed by atoms with Gasteiger partial charge in [0.25, 0.3) is 5.91 Å². The fraction of sp³-hybridized carbons (Fsp3) is 0.133. The van der Waals surface area contributed by atoms with E-state index in [1.807, 2.05) is 55.5 Å². The first-order valence-corrected chi connectivity index (χ1v) is 6.96. The van der Waals surface area contributed by atoms with Crippen LogP contribution in [0.1, 0.15) is 5.56 Å². The molecule has 0 spiro atoms. The van der Waals surface area contributed by atoms with E-state index >= 15 is 0 Å². The predicted octanol–water partition coefficient (Wildman–Crippen LogP) is 3.62. The van der Waals surface area contributed by atoms with Crippen molar-refractivity contribution in [3.05, 3.63) is 57.7 Å². The van der Waals surface area contributed by atoms with E-state index in [1.54, 1.807) is 0 Å². The molecule has 4 heteroatoms. The first-order chi connectivity index (χ1) is 9.13. The van der Waals surface area contributed by atoms with Crippen molar-refractivity contribution in [1.82, 2.24) is 0 Å². The van der Waals surface area contributed by atoms with Gasteiger partial charge in [-0.05, 0) is 59.8 Å². The average molecular weight is 367 g/mol. The Labute approximate surface area is 126 Å². The van der Waals surface area contributed by atoms with Gasteiger partial charge in [-0.3, -0.25) is 4.79 Å². The van der Waals surface area contributed by atoms with Crippen molar-refractivity contribution >= 4 is 34.2 Å². The molecule has 0 fully saturated rings. The number of rotatable bonds is 4. The van der Waals surface area contributed by atoms with E-state index in [0.717, 1.165) is 14.8 Å². The highest BCUT2D eigenvalue weighted by Crippen LogP contribution is 2.13. The van der Waals surface area contributed by atoms with E-state index in [-0.39, 0.29) is 12.5 Å². The number of benzene rings is 2. The Kier molecular flexibility index (Phi) is 4.79. The standard InChI is InChI=1S/C15H14INO2/c1-11-5-7-14(8-6-11)19-10-15(18)17-13-4-2-3-12(16)9-13/h2-9H,10H2,1H3,(H,17,18). The van der Waals surface area contributed by atoms with Crippen LogP contribution >= 0.6 is 22.6 Å². The fourth-order valence-corrected chi connectivity index (χ4v) is 2.09. The first kappa shape index (κ1) is 13.9. The molecule has 0 saturated carbocycles. The Morgan fingerprint density at radius 1 is 1.21 bits per heavy atom. The van der Waals surface area contributed by atoms with Crippen molar-refractivity contribution < 1.29 is 9.53 Å². The van der Waals surface area contributed by atoms with E-state index in [0.29, 0.717) is 5.75 Å². The van der Waals surface area contributed by atoms with Gasteiger partial charge in [-0.2, -0.15) is 0 Å². The zero-order valence-corrected chi connectivity index (χ0v) is 12.7. The normalized spacial score (nSPS) is 10.0. The van der Waals surface area contributed by atoms with Crippen LogP contribution in [0.5, 0.6) is 5.75 Å². The third-order valence-corrected chi connectivity index (χ3v) is 3.17. The number of carbonyl (C=O) groups excluding carboxylic acids is 1. The van der Waals surface area contributed by atoms with Gasteiger partial charge in [0, 0.05) is 9.26 Å². The predicted molar refractivity (Wildman–Crippen MR) is 84.5 cm³/mol. The Morgan fingerprint density at radius 2 is 1.95 bits per heavy atom. The van der Waals surface area contributed by atoms with Crippen LogP contribution < -0.4 is 10.1 Å². The maximum Gasteiger partial charge on any atom is 0.262 e. The molecular weight excluding hydrogens is 353 g/mol. The topological polar surface area (TPSA) is 38.3 Å². The molecular formula is C15H14INO2. The van der Waals surface area contributed by atoms with Crippen molar-refractivity contribution in [3.8, 4) is 5.75 Å². The number of halogens is 1. The molecule has 3 nitrogen and oxygen atoms in total. The first-order valence-electron chi connectivity index (χ1n) is 5.88. The van der Waals surface area contributed by atoms with Gasteiger partial charge in [0.15, 0.2) is 6.61 Å². The molecule has 0 atom stereocenters. The molecule has 1 amide bonds. The third kappa shape index (κ3) is 4.55. The molecule has 2 rings (SSSR count). The summed E-state index contributed by atoms with van der Waals surface area (Å²) in [5.74, 6) is 0.533. The summed E-state index contributed by atoms with van der Waals surface area (Å²) in [5.41, 5.74) is 1.94. The van der Waals surface area contributed by atoms with Crippen molar-refractivity contribution in [2.24, 2.45) is 0 Å². The molecule has 0 bridgehead atoms. The molecule has 0 heterocycles. The summed E-state index contributed by atoms with van der Waals surface area (Å²) in [4.78, 5) is 11.7. The van der Waals surface area contributed by atoms with Crippen molar-refractivity contribution in [3.63, 3.8) is 0 Å². The molecule has 0 unspecified atom stereocenters. The Bertz CT molecular complexity index is 567. The monoisotopic (exact) mass is 367 g/mol. The summed E-state index contributed by atoms with van der Waals surface area (Å²) in [6.07, 6.45) is 0. The summed E-state index contributed by atoms with van der Waals surface area (Å²) in [5, 5.41) is 2.80. The zero-order valence-electron chi connectivity index (χ0n) is 10.5. The average Bonchev–Trinajstić information content (AvgIpc) is 2.38. The van der Waals surface area contributed by atoms with Gasteiger partial charge in [-0.15, -0.1) is 0 Å². The van der Waals surface area contributed by atoms with Gasteiger partial charge in [0.2, 0.25) is 0 Å². The second kappa shape index (κ2) is 6.56. The van der Waals surface area contributed by atoms with Gasteiger partial charge in [-0.25, -0.2) is 0 Å². The molecule has 0 aromatic heterocycles. The highest BCUT2D eigenvalue weighted by Gasteiger charge is 2.03. The summed E-state index contributed by atoms with van der Waals surface area (Å²) in [7, 11) is 0. The molecule has 19 heavy (non-hydrogen) atoms. The van der Waals surface area contributed by atoms with E-state index in [2.05, 4.69) is 27.9 Å². The maximum atomic E-state index is 11.7. The van der Waals surface area contributed by atoms with Crippen LogP contribution in [0.15, 0.2) is 48.5 Å². The molecule has 0 saturated heterocycles. The van der Waals surface area contributed by atoms with E-state index in [4.69, 9.17) is 4.74 Å². The van der Waals surface area contributed by atoms with Crippen molar-refractivity contribution in [2.45, 2.75) is 6.92 Å². The molecule has 2 aromatic rings. The molecule has 0 aliphatic rings. The van der Waals surface area contributed by atoms with Gasteiger partial charge >= 0.3 is 0 Å². The van der Waals surface area contributed by atoms with Crippen LogP contribution in [-0.2, 0) is 4.79 Å². The summed E-state index contributed by atoms with van der Waals surface area (Å²) >= 11 is 2.20. The Morgan fingerprint density at radius 3 is 2.63 bits per heavy atom. The summed E-state index contributed by atoms with van der Waals surface area (Å²) in [6.45, 7) is 2.02. The molecule has 0 aliphatic carbocycles. The quantitative estimate of drug-likeness (QED) is 0.839. The van der Waals surface area contributed by atoms with E-state index < -0.39 is 0 Å². The number of anilines is 1. The van der Waals surface area contributed by atoms with E-state index in [1.165, 1.54) is 0 Å². The van der Waals surface area contributed by atoms with Crippen LogP contribution in [0.4, 0.5) is 5.69 Å².